The van der Waals surface area contributed by atoms with Crippen molar-refractivity contribution in [3.63, 3.8) is 0 Å². The van der Waals surface area contributed by atoms with E-state index in [4.69, 9.17) is 5.11 Å². The largest absolute Gasteiger partial charge is 0.480 e. The Kier molecular flexibility index (Phi) is 1.78. The third-order valence-corrected chi connectivity index (χ3v) is 3.00. The normalized spacial score (nSPS) is 24.9. The Morgan fingerprint density at radius 2 is 2.15 bits per heavy atom. The summed E-state index contributed by atoms with van der Waals surface area (Å²) in [4.78, 5) is 23.6. The molecule has 1 amide bonds. The van der Waals surface area contributed by atoms with Gasteiger partial charge < -0.3 is 10.0 Å². The van der Waals surface area contributed by atoms with Crippen molar-refractivity contribution in [2.75, 3.05) is 13.1 Å². The summed E-state index contributed by atoms with van der Waals surface area (Å²) >= 11 is 0. The first-order chi connectivity index (χ1) is 6.14. The van der Waals surface area contributed by atoms with Crippen LogP contribution in [0.2, 0.25) is 0 Å². The van der Waals surface area contributed by atoms with Gasteiger partial charge in [0.25, 0.3) is 0 Å². The third kappa shape index (κ3) is 1.41. The molecule has 1 heterocycles. The standard InChI is InChI=1S/C9H13NO3/c11-7(12)6-10-5-1-2-9(3-4-9)8(10)13/h1-6H2,(H,11,12). The van der Waals surface area contributed by atoms with Gasteiger partial charge in [-0.3, -0.25) is 9.59 Å². The molecule has 1 spiro atoms. The van der Waals surface area contributed by atoms with Crippen molar-refractivity contribution in [3.8, 4) is 0 Å². The SMILES string of the molecule is O=C(O)CN1CCCC2(CC2)C1=O. The molecule has 0 aromatic rings. The van der Waals surface area contributed by atoms with Crippen LogP contribution in [-0.2, 0) is 9.59 Å². The first-order valence-corrected chi connectivity index (χ1v) is 4.65. The van der Waals surface area contributed by atoms with Crippen LogP contribution in [0.3, 0.4) is 0 Å². The molecule has 1 N–H and O–H groups in total. The number of carboxylic acids is 1. The molecule has 1 aliphatic carbocycles. The summed E-state index contributed by atoms with van der Waals surface area (Å²) in [7, 11) is 0. The summed E-state index contributed by atoms with van der Waals surface area (Å²) in [5.41, 5.74) is -0.131. The van der Waals surface area contributed by atoms with Gasteiger partial charge >= 0.3 is 5.97 Å². The van der Waals surface area contributed by atoms with Crippen LogP contribution < -0.4 is 0 Å². The number of hydrogen-bond donors (Lipinski definition) is 1. The molecule has 2 rings (SSSR count). The van der Waals surface area contributed by atoms with Crippen molar-refractivity contribution < 1.29 is 14.7 Å². The van der Waals surface area contributed by atoms with Crippen LogP contribution in [0, 0.1) is 5.41 Å². The van der Waals surface area contributed by atoms with Gasteiger partial charge in [-0.15, -0.1) is 0 Å². The lowest BCUT2D eigenvalue weighted by atomic mass is 9.94. The highest BCUT2D eigenvalue weighted by atomic mass is 16.4. The zero-order chi connectivity index (χ0) is 9.47. The molecule has 2 aliphatic rings. The summed E-state index contributed by atoms with van der Waals surface area (Å²) < 4.78 is 0. The zero-order valence-corrected chi connectivity index (χ0v) is 7.45. The summed E-state index contributed by atoms with van der Waals surface area (Å²) in [6.45, 7) is 0.494. The third-order valence-electron chi connectivity index (χ3n) is 3.00. The minimum atomic E-state index is -0.911. The molecule has 0 unspecified atom stereocenters. The van der Waals surface area contributed by atoms with E-state index in [1.165, 1.54) is 4.90 Å². The number of amides is 1. The summed E-state index contributed by atoms with van der Waals surface area (Å²) in [6, 6.07) is 0. The predicted molar refractivity (Wildman–Crippen MR) is 45.1 cm³/mol. The van der Waals surface area contributed by atoms with Gasteiger partial charge in [-0.25, -0.2) is 0 Å². The summed E-state index contributed by atoms with van der Waals surface area (Å²) in [5, 5.41) is 8.58. The highest BCUT2D eigenvalue weighted by Gasteiger charge is 2.53. The Hall–Kier alpha value is -1.06. The maximum atomic E-state index is 11.7. The van der Waals surface area contributed by atoms with Crippen LogP contribution in [0.15, 0.2) is 0 Å². The second-order valence-electron chi connectivity index (χ2n) is 4.00. The second-order valence-corrected chi connectivity index (χ2v) is 4.00. The number of carbonyl (C=O) groups is 2. The Morgan fingerprint density at radius 1 is 1.46 bits per heavy atom. The van der Waals surface area contributed by atoms with Crippen LogP contribution >= 0.6 is 0 Å². The Balaban J connectivity index is 2.03. The van der Waals surface area contributed by atoms with Gasteiger partial charge in [0.1, 0.15) is 6.54 Å². The van der Waals surface area contributed by atoms with Crippen molar-refractivity contribution in [2.45, 2.75) is 25.7 Å². The van der Waals surface area contributed by atoms with E-state index in [0.717, 1.165) is 25.7 Å². The molecule has 2 fully saturated rings. The van der Waals surface area contributed by atoms with Crippen molar-refractivity contribution in [1.29, 1.82) is 0 Å². The molecule has 0 bridgehead atoms. The molecule has 1 aliphatic heterocycles. The predicted octanol–water partition coefficient (Wildman–Crippen LogP) is 0.474. The van der Waals surface area contributed by atoms with E-state index in [-0.39, 0.29) is 17.9 Å². The average molecular weight is 183 g/mol. The average Bonchev–Trinajstić information content (AvgIpc) is 2.80. The van der Waals surface area contributed by atoms with Crippen LogP contribution in [0.5, 0.6) is 0 Å². The van der Waals surface area contributed by atoms with E-state index in [2.05, 4.69) is 0 Å². The van der Waals surface area contributed by atoms with E-state index in [1.54, 1.807) is 0 Å². The zero-order valence-electron chi connectivity index (χ0n) is 7.45. The van der Waals surface area contributed by atoms with E-state index in [1.807, 2.05) is 0 Å². The van der Waals surface area contributed by atoms with Crippen molar-refractivity contribution in [1.82, 2.24) is 4.90 Å². The fraction of sp³-hybridized carbons (Fsp3) is 0.778. The first kappa shape index (κ1) is 8.53. The van der Waals surface area contributed by atoms with E-state index in [0.29, 0.717) is 6.54 Å². The van der Waals surface area contributed by atoms with Crippen molar-refractivity contribution in [2.24, 2.45) is 5.41 Å². The van der Waals surface area contributed by atoms with Gasteiger partial charge in [-0.1, -0.05) is 0 Å². The fourth-order valence-corrected chi connectivity index (χ4v) is 2.08. The quantitative estimate of drug-likeness (QED) is 0.677. The number of carbonyl (C=O) groups excluding carboxylic acids is 1. The lowest BCUT2D eigenvalue weighted by Gasteiger charge is -2.31. The van der Waals surface area contributed by atoms with Crippen molar-refractivity contribution >= 4 is 11.9 Å². The minimum Gasteiger partial charge on any atom is -0.480 e. The number of rotatable bonds is 2. The smallest absolute Gasteiger partial charge is 0.323 e. The molecule has 0 aromatic heterocycles. The number of piperidine rings is 1. The van der Waals surface area contributed by atoms with Gasteiger partial charge in [0.05, 0.1) is 0 Å². The molecule has 0 atom stereocenters. The van der Waals surface area contributed by atoms with E-state index < -0.39 is 5.97 Å². The highest BCUT2D eigenvalue weighted by Crippen LogP contribution is 2.52. The lowest BCUT2D eigenvalue weighted by Crippen LogP contribution is -2.44. The molecule has 0 aromatic carbocycles. The fourth-order valence-electron chi connectivity index (χ4n) is 2.08. The van der Waals surface area contributed by atoms with Gasteiger partial charge in [-0.2, -0.15) is 0 Å². The monoisotopic (exact) mass is 183 g/mol. The Labute approximate surface area is 76.5 Å². The molecular weight excluding hydrogens is 170 g/mol. The summed E-state index contributed by atoms with van der Waals surface area (Å²) in [6.07, 6.45) is 3.84. The topological polar surface area (TPSA) is 57.6 Å². The number of aliphatic carboxylic acids is 1. The Bertz CT molecular complexity index is 258. The van der Waals surface area contributed by atoms with Crippen LogP contribution in [0.25, 0.3) is 0 Å². The number of likely N-dealkylation sites (tertiary alicyclic amines) is 1. The maximum absolute atomic E-state index is 11.7. The van der Waals surface area contributed by atoms with Gasteiger partial charge in [0.2, 0.25) is 5.91 Å². The molecule has 4 nitrogen and oxygen atoms in total. The van der Waals surface area contributed by atoms with E-state index in [9.17, 15) is 9.59 Å². The van der Waals surface area contributed by atoms with Gasteiger partial charge in [-0.05, 0) is 25.7 Å². The molecule has 4 heteroatoms. The molecular formula is C9H13NO3. The second kappa shape index (κ2) is 2.72. The number of nitrogens with zero attached hydrogens (tertiary/aromatic N) is 1. The van der Waals surface area contributed by atoms with Crippen LogP contribution in [-0.4, -0.2) is 35.0 Å². The van der Waals surface area contributed by atoms with E-state index >= 15 is 0 Å². The molecule has 1 saturated heterocycles. The number of hydrogen-bond acceptors (Lipinski definition) is 2. The van der Waals surface area contributed by atoms with Gasteiger partial charge in [0, 0.05) is 12.0 Å². The molecule has 13 heavy (non-hydrogen) atoms. The molecule has 1 saturated carbocycles. The minimum absolute atomic E-state index is 0.0705. The summed E-state index contributed by atoms with van der Waals surface area (Å²) in [5.74, 6) is -0.841. The van der Waals surface area contributed by atoms with Gasteiger partial charge in [0.15, 0.2) is 0 Å². The highest BCUT2D eigenvalue weighted by molar-refractivity contribution is 5.88. The van der Waals surface area contributed by atoms with Crippen LogP contribution in [0.4, 0.5) is 0 Å². The Morgan fingerprint density at radius 3 is 2.69 bits per heavy atom. The molecule has 0 radical (unpaired) electrons. The number of carboxylic acid groups (broad SMARTS) is 1. The first-order valence-electron chi connectivity index (χ1n) is 4.65. The molecule has 72 valence electrons. The maximum Gasteiger partial charge on any atom is 0.323 e. The van der Waals surface area contributed by atoms with Crippen LogP contribution in [0.1, 0.15) is 25.7 Å². The van der Waals surface area contributed by atoms with Crippen molar-refractivity contribution in [3.05, 3.63) is 0 Å². The lowest BCUT2D eigenvalue weighted by molar-refractivity contribution is -0.149.